The van der Waals surface area contributed by atoms with Crippen molar-refractivity contribution in [1.29, 1.82) is 0 Å². The molecule has 4 rings (SSSR count). The summed E-state index contributed by atoms with van der Waals surface area (Å²) in [6.45, 7) is 9.54. The van der Waals surface area contributed by atoms with E-state index < -0.39 is 0 Å². The van der Waals surface area contributed by atoms with E-state index >= 15 is 0 Å². The van der Waals surface area contributed by atoms with Crippen molar-refractivity contribution in [2.75, 3.05) is 25.5 Å². The van der Waals surface area contributed by atoms with Crippen molar-refractivity contribution in [1.82, 2.24) is 9.47 Å². The second-order valence-electron chi connectivity index (χ2n) is 9.62. The molecule has 2 amide bonds. The molecular formula is C29H35N3O3. The molecule has 2 heterocycles. The molecule has 2 aromatic carbocycles. The second-order valence-corrected chi connectivity index (χ2v) is 9.62. The average Bonchev–Trinajstić information content (AvgIpc) is 3.17. The Morgan fingerprint density at radius 2 is 1.66 bits per heavy atom. The standard InChI is InChI=1S/C29H35N3O3/c1-19(2)22-10-12-24(13-11-22)32-20(3)18-25(21(32)4)29(34)31-16-14-23(15-17-31)28(33)30-26-8-6-7-9-27(26)35-5/h6-13,18-19,23H,14-17H2,1-5H3,(H,30,33). The first kappa shape index (κ1) is 24.6. The quantitative estimate of drug-likeness (QED) is 0.498. The Labute approximate surface area is 207 Å². The Morgan fingerprint density at radius 1 is 1.00 bits per heavy atom. The van der Waals surface area contributed by atoms with E-state index in [2.05, 4.69) is 48.0 Å². The number of likely N-dealkylation sites (tertiary alicyclic amines) is 1. The van der Waals surface area contributed by atoms with E-state index in [9.17, 15) is 9.59 Å². The van der Waals surface area contributed by atoms with Crippen LogP contribution in [0.4, 0.5) is 5.69 Å². The number of piperidine rings is 1. The van der Waals surface area contributed by atoms with Crippen molar-refractivity contribution >= 4 is 17.5 Å². The molecule has 0 aliphatic carbocycles. The molecule has 1 N–H and O–H groups in total. The third kappa shape index (κ3) is 5.11. The minimum absolute atomic E-state index is 0.0235. The number of anilines is 1. The van der Waals surface area contributed by atoms with Crippen molar-refractivity contribution in [3.05, 3.63) is 77.1 Å². The summed E-state index contributed by atoms with van der Waals surface area (Å²) in [5.41, 5.74) is 5.75. The fourth-order valence-corrected chi connectivity index (χ4v) is 4.88. The van der Waals surface area contributed by atoms with E-state index in [-0.39, 0.29) is 17.7 Å². The topological polar surface area (TPSA) is 63.6 Å². The van der Waals surface area contributed by atoms with E-state index in [4.69, 9.17) is 4.74 Å². The van der Waals surface area contributed by atoms with Gasteiger partial charge in [0.1, 0.15) is 5.75 Å². The van der Waals surface area contributed by atoms with Crippen LogP contribution in [0.1, 0.15) is 59.9 Å². The normalized spacial score (nSPS) is 14.3. The van der Waals surface area contributed by atoms with Gasteiger partial charge in [0.05, 0.1) is 18.4 Å². The third-order valence-electron chi connectivity index (χ3n) is 7.00. The number of ether oxygens (including phenoxy) is 1. The molecule has 1 aromatic heterocycles. The predicted molar refractivity (Wildman–Crippen MR) is 140 cm³/mol. The fraction of sp³-hybridized carbons (Fsp3) is 0.379. The molecule has 6 nitrogen and oxygen atoms in total. The largest absolute Gasteiger partial charge is 0.495 e. The first-order valence-electron chi connectivity index (χ1n) is 12.3. The van der Waals surface area contributed by atoms with Gasteiger partial charge in [-0.2, -0.15) is 0 Å². The van der Waals surface area contributed by atoms with Crippen LogP contribution in [-0.2, 0) is 4.79 Å². The maximum atomic E-state index is 13.4. The lowest BCUT2D eigenvalue weighted by Crippen LogP contribution is -2.41. The van der Waals surface area contributed by atoms with Crippen LogP contribution in [0.15, 0.2) is 54.6 Å². The van der Waals surface area contributed by atoms with Crippen molar-refractivity contribution in [2.45, 2.75) is 46.5 Å². The highest BCUT2D eigenvalue weighted by Crippen LogP contribution is 2.28. The minimum Gasteiger partial charge on any atom is -0.495 e. The van der Waals surface area contributed by atoms with Gasteiger partial charge >= 0.3 is 0 Å². The van der Waals surface area contributed by atoms with Gasteiger partial charge in [0.2, 0.25) is 5.91 Å². The molecule has 0 radical (unpaired) electrons. The summed E-state index contributed by atoms with van der Waals surface area (Å²) in [6.07, 6.45) is 1.28. The predicted octanol–water partition coefficient (Wildman–Crippen LogP) is 5.72. The number of hydrogen-bond acceptors (Lipinski definition) is 3. The van der Waals surface area contributed by atoms with Gasteiger partial charge in [-0.25, -0.2) is 0 Å². The van der Waals surface area contributed by atoms with Crippen molar-refractivity contribution in [2.24, 2.45) is 5.92 Å². The number of hydrogen-bond donors (Lipinski definition) is 1. The van der Waals surface area contributed by atoms with Crippen molar-refractivity contribution < 1.29 is 14.3 Å². The molecular weight excluding hydrogens is 438 g/mol. The van der Waals surface area contributed by atoms with Gasteiger partial charge in [0.25, 0.3) is 5.91 Å². The molecule has 6 heteroatoms. The van der Waals surface area contributed by atoms with Gasteiger partial charge in [-0.1, -0.05) is 38.1 Å². The van der Waals surface area contributed by atoms with Gasteiger partial charge in [0, 0.05) is 36.1 Å². The van der Waals surface area contributed by atoms with E-state index in [1.54, 1.807) is 7.11 Å². The maximum absolute atomic E-state index is 13.4. The number of benzene rings is 2. The zero-order chi connectivity index (χ0) is 25.1. The Balaban J connectivity index is 1.42. The zero-order valence-electron chi connectivity index (χ0n) is 21.3. The van der Waals surface area contributed by atoms with Crippen molar-refractivity contribution in [3.8, 4) is 11.4 Å². The molecule has 35 heavy (non-hydrogen) atoms. The Hall–Kier alpha value is -3.54. The molecule has 184 valence electrons. The van der Waals surface area contributed by atoms with Crippen LogP contribution < -0.4 is 10.1 Å². The number of rotatable bonds is 6. The second kappa shape index (κ2) is 10.4. The monoisotopic (exact) mass is 473 g/mol. The van der Waals surface area contributed by atoms with Crippen LogP contribution in [0.25, 0.3) is 5.69 Å². The molecule has 0 spiro atoms. The van der Waals surface area contributed by atoms with Crippen LogP contribution in [0.5, 0.6) is 5.75 Å². The summed E-state index contributed by atoms with van der Waals surface area (Å²) in [5.74, 6) is 1.00. The third-order valence-corrected chi connectivity index (χ3v) is 7.00. The molecule has 1 saturated heterocycles. The Kier molecular flexibility index (Phi) is 7.29. The molecule has 0 atom stereocenters. The van der Waals surface area contributed by atoms with Gasteiger partial charge < -0.3 is 19.5 Å². The van der Waals surface area contributed by atoms with E-state index in [1.807, 2.05) is 49.1 Å². The Bertz CT molecular complexity index is 1200. The number of nitrogens with one attached hydrogen (secondary N) is 1. The number of carbonyl (C=O) groups excluding carboxylic acids is 2. The highest BCUT2D eigenvalue weighted by Gasteiger charge is 2.30. The maximum Gasteiger partial charge on any atom is 0.255 e. The summed E-state index contributed by atoms with van der Waals surface area (Å²) < 4.78 is 7.48. The lowest BCUT2D eigenvalue weighted by molar-refractivity contribution is -0.121. The summed E-state index contributed by atoms with van der Waals surface area (Å²) in [4.78, 5) is 28.1. The lowest BCUT2D eigenvalue weighted by Gasteiger charge is -2.31. The van der Waals surface area contributed by atoms with E-state index in [0.29, 0.717) is 43.3 Å². The highest BCUT2D eigenvalue weighted by molar-refractivity contribution is 5.97. The van der Waals surface area contributed by atoms with E-state index in [0.717, 1.165) is 22.6 Å². The number of nitrogens with zero attached hydrogens (tertiary/aromatic N) is 2. The first-order valence-corrected chi connectivity index (χ1v) is 12.3. The van der Waals surface area contributed by atoms with Crippen LogP contribution in [0, 0.1) is 19.8 Å². The molecule has 0 saturated carbocycles. The average molecular weight is 474 g/mol. The van der Waals surface area contributed by atoms with Crippen LogP contribution in [0.2, 0.25) is 0 Å². The number of amides is 2. The fourth-order valence-electron chi connectivity index (χ4n) is 4.88. The number of methoxy groups -OCH3 is 1. The molecule has 0 bridgehead atoms. The SMILES string of the molecule is COc1ccccc1NC(=O)C1CCN(C(=O)c2cc(C)n(-c3ccc(C(C)C)cc3)c2C)CC1. The van der Waals surface area contributed by atoms with Gasteiger partial charge in [0.15, 0.2) is 0 Å². The molecule has 1 aliphatic rings. The van der Waals surface area contributed by atoms with Crippen LogP contribution in [0.3, 0.4) is 0 Å². The Morgan fingerprint density at radius 3 is 2.29 bits per heavy atom. The number of carbonyl (C=O) groups is 2. The molecule has 1 fully saturated rings. The minimum atomic E-state index is -0.129. The first-order chi connectivity index (χ1) is 16.8. The smallest absolute Gasteiger partial charge is 0.255 e. The molecule has 1 aliphatic heterocycles. The number of aromatic nitrogens is 1. The van der Waals surface area contributed by atoms with Crippen LogP contribution in [-0.4, -0.2) is 41.5 Å². The number of aryl methyl sites for hydroxylation is 1. The lowest BCUT2D eigenvalue weighted by atomic mass is 9.95. The molecule has 0 unspecified atom stereocenters. The molecule has 3 aromatic rings. The van der Waals surface area contributed by atoms with Crippen LogP contribution >= 0.6 is 0 Å². The van der Waals surface area contributed by atoms with Gasteiger partial charge in [-0.3, -0.25) is 9.59 Å². The van der Waals surface area contributed by atoms with Gasteiger partial charge in [-0.05, 0) is 68.5 Å². The van der Waals surface area contributed by atoms with E-state index in [1.165, 1.54) is 5.56 Å². The summed E-state index contributed by atoms with van der Waals surface area (Å²) in [6, 6.07) is 17.9. The zero-order valence-corrected chi connectivity index (χ0v) is 21.3. The summed E-state index contributed by atoms with van der Waals surface area (Å²) >= 11 is 0. The summed E-state index contributed by atoms with van der Waals surface area (Å²) in [5, 5.41) is 2.99. The number of para-hydroxylation sites is 2. The highest BCUT2D eigenvalue weighted by atomic mass is 16.5. The van der Waals surface area contributed by atoms with Crippen molar-refractivity contribution in [3.63, 3.8) is 0 Å². The van der Waals surface area contributed by atoms with Gasteiger partial charge in [-0.15, -0.1) is 0 Å². The summed E-state index contributed by atoms with van der Waals surface area (Å²) in [7, 11) is 1.59.